The number of hydrogen-bond donors (Lipinski definition) is 1. The van der Waals surface area contributed by atoms with Crippen LogP contribution in [0.3, 0.4) is 0 Å². The molecule has 0 atom stereocenters. The fraction of sp³-hybridized carbons (Fsp3) is 0.429. The van der Waals surface area contributed by atoms with Gasteiger partial charge in [0.2, 0.25) is 0 Å². The lowest BCUT2D eigenvalue weighted by atomic mass is 9.77. The maximum absolute atomic E-state index is 13.3. The summed E-state index contributed by atoms with van der Waals surface area (Å²) in [4.78, 5) is 0. The van der Waals surface area contributed by atoms with Crippen LogP contribution in [-0.4, -0.2) is 39.4 Å². The lowest BCUT2D eigenvalue weighted by molar-refractivity contribution is -0.137. The molecule has 0 aliphatic heterocycles. The Hall–Kier alpha value is -2.17. The van der Waals surface area contributed by atoms with Crippen LogP contribution in [0.4, 0.5) is 13.2 Å². The maximum Gasteiger partial charge on any atom is 0.416 e. The number of aliphatic hydroxyl groups is 1. The van der Waals surface area contributed by atoms with Crippen LogP contribution in [0.15, 0.2) is 28.9 Å². The number of nitrogens with zero attached hydrogens (tertiary/aromatic N) is 3. The minimum atomic E-state index is -4.51. The highest BCUT2D eigenvalue weighted by Gasteiger charge is 2.40. The van der Waals surface area contributed by atoms with E-state index in [1.54, 1.807) is 19.9 Å². The standard InChI is InChI=1S/C21H21BrF3N3O3/c1-11-4-12(21(23,24)25)5-17(31-10-30-3)18(11)16-6-14-15(22)9-28(19(14)27-26-16)13-7-20(2,29)8-13/h4-6,9,13,29H,7-8,10H2,1-3H3. The first-order valence-corrected chi connectivity index (χ1v) is 10.4. The molecule has 31 heavy (non-hydrogen) atoms. The van der Waals surface area contributed by atoms with Gasteiger partial charge in [-0.15, -0.1) is 10.2 Å². The third-order valence-corrected chi connectivity index (χ3v) is 6.12. The molecule has 1 aromatic carbocycles. The first-order chi connectivity index (χ1) is 14.5. The molecule has 0 unspecified atom stereocenters. The third kappa shape index (κ3) is 4.16. The van der Waals surface area contributed by atoms with E-state index in [9.17, 15) is 18.3 Å². The van der Waals surface area contributed by atoms with Gasteiger partial charge < -0.3 is 19.1 Å². The van der Waals surface area contributed by atoms with Gasteiger partial charge >= 0.3 is 6.18 Å². The number of fused-ring (bicyclic) bond motifs is 1. The highest BCUT2D eigenvalue weighted by molar-refractivity contribution is 9.10. The van der Waals surface area contributed by atoms with E-state index in [1.165, 1.54) is 7.11 Å². The highest BCUT2D eigenvalue weighted by atomic mass is 79.9. The predicted molar refractivity (Wildman–Crippen MR) is 112 cm³/mol. The predicted octanol–water partition coefficient (Wildman–Crippen LogP) is 5.26. The van der Waals surface area contributed by atoms with E-state index in [2.05, 4.69) is 26.1 Å². The molecule has 2 aromatic heterocycles. The first-order valence-electron chi connectivity index (χ1n) is 9.60. The highest BCUT2D eigenvalue weighted by Crippen LogP contribution is 2.44. The zero-order valence-corrected chi connectivity index (χ0v) is 18.7. The van der Waals surface area contributed by atoms with Crippen LogP contribution in [0.5, 0.6) is 5.75 Å². The molecular weight excluding hydrogens is 479 g/mol. The van der Waals surface area contributed by atoms with Gasteiger partial charge in [0.1, 0.15) is 5.75 Å². The third-order valence-electron chi connectivity index (χ3n) is 5.49. The summed E-state index contributed by atoms with van der Waals surface area (Å²) < 4.78 is 53.0. The maximum atomic E-state index is 13.3. The smallest absolute Gasteiger partial charge is 0.416 e. The molecule has 1 fully saturated rings. The number of aromatic nitrogens is 3. The van der Waals surface area contributed by atoms with Crippen molar-refractivity contribution in [3.63, 3.8) is 0 Å². The molecule has 1 aliphatic carbocycles. The summed E-state index contributed by atoms with van der Waals surface area (Å²) in [5.41, 5.74) is 0.319. The van der Waals surface area contributed by atoms with Crippen LogP contribution in [0.2, 0.25) is 0 Å². The van der Waals surface area contributed by atoms with Gasteiger partial charge in [-0.25, -0.2) is 0 Å². The SMILES string of the molecule is COCOc1cc(C(F)(F)F)cc(C)c1-c1cc2c(Br)cn(C3CC(C)(O)C3)c2nn1. The molecule has 166 valence electrons. The van der Waals surface area contributed by atoms with Crippen LogP contribution >= 0.6 is 15.9 Å². The van der Waals surface area contributed by atoms with Crippen molar-refractivity contribution >= 4 is 27.0 Å². The topological polar surface area (TPSA) is 69.4 Å². The van der Waals surface area contributed by atoms with Gasteiger partial charge in [-0.2, -0.15) is 13.2 Å². The Kier molecular flexibility index (Phi) is 5.51. The van der Waals surface area contributed by atoms with E-state index in [4.69, 9.17) is 9.47 Å². The van der Waals surface area contributed by atoms with E-state index >= 15 is 0 Å². The molecule has 0 amide bonds. The molecule has 2 heterocycles. The zero-order chi connectivity index (χ0) is 22.6. The van der Waals surface area contributed by atoms with Gasteiger partial charge in [0.15, 0.2) is 12.4 Å². The second-order valence-electron chi connectivity index (χ2n) is 8.13. The Labute approximate surface area is 185 Å². The number of methoxy groups -OCH3 is 1. The van der Waals surface area contributed by atoms with E-state index in [0.29, 0.717) is 35.3 Å². The fourth-order valence-corrected chi connectivity index (χ4v) is 4.55. The minimum absolute atomic E-state index is 0.0217. The largest absolute Gasteiger partial charge is 0.467 e. The molecule has 3 aromatic rings. The van der Waals surface area contributed by atoms with Crippen molar-refractivity contribution < 1.29 is 27.8 Å². The summed E-state index contributed by atoms with van der Waals surface area (Å²) in [6.07, 6.45) is -1.39. The second kappa shape index (κ2) is 7.75. The van der Waals surface area contributed by atoms with E-state index in [1.807, 2.05) is 10.8 Å². The number of alkyl halides is 3. The summed E-state index contributed by atoms with van der Waals surface area (Å²) in [5, 5.41) is 19.5. The van der Waals surface area contributed by atoms with Crippen LogP contribution in [0.25, 0.3) is 22.3 Å². The lowest BCUT2D eigenvalue weighted by Gasteiger charge is -2.41. The van der Waals surface area contributed by atoms with Crippen molar-refractivity contribution in [1.82, 2.24) is 14.8 Å². The summed E-state index contributed by atoms with van der Waals surface area (Å²) >= 11 is 3.54. The van der Waals surface area contributed by atoms with E-state index in [-0.39, 0.29) is 18.6 Å². The molecular formula is C21H21BrF3N3O3. The number of benzene rings is 1. The minimum Gasteiger partial charge on any atom is -0.467 e. The average molecular weight is 500 g/mol. The zero-order valence-electron chi connectivity index (χ0n) is 17.1. The Balaban J connectivity index is 1.80. The normalized spacial score (nSPS) is 21.4. The fourth-order valence-electron chi connectivity index (χ4n) is 4.04. The van der Waals surface area contributed by atoms with Gasteiger partial charge in [-0.05, 0) is 66.4 Å². The monoisotopic (exact) mass is 499 g/mol. The number of aryl methyl sites for hydroxylation is 1. The van der Waals surface area contributed by atoms with Gasteiger partial charge in [-0.1, -0.05) is 0 Å². The molecule has 0 radical (unpaired) electrons. The van der Waals surface area contributed by atoms with E-state index < -0.39 is 17.3 Å². The molecule has 1 saturated carbocycles. The summed E-state index contributed by atoms with van der Waals surface area (Å²) in [6, 6.07) is 3.90. The molecule has 1 N–H and O–H groups in total. The van der Waals surface area contributed by atoms with Crippen molar-refractivity contribution in [2.24, 2.45) is 0 Å². The first kappa shape index (κ1) is 22.0. The van der Waals surface area contributed by atoms with Gasteiger partial charge in [0, 0.05) is 34.8 Å². The molecule has 6 nitrogen and oxygen atoms in total. The van der Waals surface area contributed by atoms with Crippen LogP contribution in [0, 0.1) is 6.92 Å². The molecule has 0 bridgehead atoms. The lowest BCUT2D eigenvalue weighted by Crippen LogP contribution is -2.41. The van der Waals surface area contributed by atoms with Gasteiger partial charge in [0.05, 0.1) is 16.9 Å². The molecule has 1 aliphatic rings. The van der Waals surface area contributed by atoms with E-state index in [0.717, 1.165) is 22.0 Å². The Morgan fingerprint density at radius 2 is 1.97 bits per heavy atom. The van der Waals surface area contributed by atoms with Crippen LogP contribution < -0.4 is 4.74 Å². The Morgan fingerprint density at radius 3 is 2.58 bits per heavy atom. The van der Waals surface area contributed by atoms with Gasteiger partial charge in [-0.3, -0.25) is 0 Å². The number of hydrogen-bond acceptors (Lipinski definition) is 5. The molecule has 0 spiro atoms. The quantitative estimate of drug-likeness (QED) is 0.485. The van der Waals surface area contributed by atoms with Crippen molar-refractivity contribution in [2.75, 3.05) is 13.9 Å². The number of rotatable bonds is 5. The molecule has 4 rings (SSSR count). The van der Waals surface area contributed by atoms with Crippen LogP contribution in [-0.2, 0) is 10.9 Å². The summed E-state index contributed by atoms with van der Waals surface area (Å²) in [7, 11) is 1.39. The van der Waals surface area contributed by atoms with Crippen molar-refractivity contribution in [3.05, 3.63) is 40.0 Å². The summed E-state index contributed by atoms with van der Waals surface area (Å²) in [5.74, 6) is 0.0217. The van der Waals surface area contributed by atoms with Crippen LogP contribution in [0.1, 0.15) is 36.9 Å². The van der Waals surface area contributed by atoms with Gasteiger partial charge in [0.25, 0.3) is 0 Å². The average Bonchev–Trinajstić information content (AvgIpc) is 2.99. The second-order valence-corrected chi connectivity index (χ2v) is 8.98. The Morgan fingerprint density at radius 1 is 1.26 bits per heavy atom. The van der Waals surface area contributed by atoms with Crippen molar-refractivity contribution in [2.45, 2.75) is 44.5 Å². The Bertz CT molecular complexity index is 1140. The van der Waals surface area contributed by atoms with Crippen molar-refractivity contribution in [3.8, 4) is 17.0 Å². The molecule has 0 saturated heterocycles. The number of halogens is 4. The summed E-state index contributed by atoms with van der Waals surface area (Å²) in [6.45, 7) is 3.17. The van der Waals surface area contributed by atoms with Crippen molar-refractivity contribution in [1.29, 1.82) is 0 Å². The molecule has 10 heteroatoms. The number of ether oxygens (including phenoxy) is 2.